The molecule has 1 heterocycles. The first kappa shape index (κ1) is 24.2. The van der Waals surface area contributed by atoms with Gasteiger partial charge < -0.3 is 14.7 Å². The Morgan fingerprint density at radius 1 is 0.970 bits per heavy atom. The number of amides is 1. The van der Waals surface area contributed by atoms with Gasteiger partial charge in [-0.15, -0.1) is 0 Å². The van der Waals surface area contributed by atoms with E-state index >= 15 is 0 Å². The van der Waals surface area contributed by atoms with Gasteiger partial charge in [0.25, 0.3) is 5.91 Å². The number of aliphatic hydroxyl groups excluding tert-OH is 1. The van der Waals surface area contributed by atoms with Crippen LogP contribution < -0.4 is 4.74 Å². The van der Waals surface area contributed by atoms with Crippen molar-refractivity contribution in [2.75, 3.05) is 13.2 Å². The monoisotopic (exact) mass is 523 g/mol. The van der Waals surface area contributed by atoms with Crippen molar-refractivity contribution in [1.82, 2.24) is 4.90 Å². The minimum Gasteiger partial charge on any atom is -0.479 e. The van der Waals surface area contributed by atoms with E-state index in [-0.39, 0.29) is 18.6 Å². The van der Waals surface area contributed by atoms with Gasteiger partial charge in [0.15, 0.2) is 6.10 Å². The molecule has 1 fully saturated rings. The molecular weight excluding hydrogens is 504 g/mol. The Kier molecular flexibility index (Phi) is 7.72. The predicted molar refractivity (Wildman–Crippen MR) is 133 cm³/mol. The van der Waals surface area contributed by atoms with E-state index < -0.39 is 6.10 Å². The van der Waals surface area contributed by atoms with Gasteiger partial charge in [0.05, 0.1) is 17.7 Å². The maximum absolute atomic E-state index is 12.9. The summed E-state index contributed by atoms with van der Waals surface area (Å²) in [5.74, 6) is 0.245. The number of aliphatic hydroxyl groups is 1. The van der Waals surface area contributed by atoms with Crippen LogP contribution in [0.2, 0.25) is 20.1 Å². The van der Waals surface area contributed by atoms with E-state index in [4.69, 9.17) is 51.1 Å². The number of carbonyl (C=O) groups is 1. The van der Waals surface area contributed by atoms with Gasteiger partial charge in [0.2, 0.25) is 0 Å². The highest BCUT2D eigenvalue weighted by molar-refractivity contribution is 6.35. The molecule has 1 N–H and O–H groups in total. The second kappa shape index (κ2) is 10.5. The maximum Gasteiger partial charge on any atom is 0.254 e. The molecule has 1 aliphatic rings. The summed E-state index contributed by atoms with van der Waals surface area (Å²) in [5.41, 5.74) is 1.98. The first-order valence-electron chi connectivity index (χ1n) is 10.5. The number of halogens is 4. The van der Waals surface area contributed by atoms with Crippen LogP contribution >= 0.6 is 46.4 Å². The third-order valence-electron chi connectivity index (χ3n) is 5.69. The van der Waals surface area contributed by atoms with Gasteiger partial charge in [-0.1, -0.05) is 64.6 Å². The minimum absolute atomic E-state index is 0.0503. The number of benzene rings is 3. The highest BCUT2D eigenvalue weighted by Gasteiger charge is 2.29. The van der Waals surface area contributed by atoms with Crippen LogP contribution in [0.1, 0.15) is 40.4 Å². The molecule has 0 aliphatic carbocycles. The van der Waals surface area contributed by atoms with Crippen LogP contribution in [0, 0.1) is 0 Å². The lowest BCUT2D eigenvalue weighted by Crippen LogP contribution is -2.37. The summed E-state index contributed by atoms with van der Waals surface area (Å²) in [4.78, 5) is 14.6. The van der Waals surface area contributed by atoms with Crippen LogP contribution in [0.3, 0.4) is 0 Å². The van der Waals surface area contributed by atoms with Gasteiger partial charge in [0.1, 0.15) is 5.75 Å². The molecule has 3 aromatic rings. The third-order valence-corrected chi connectivity index (χ3v) is 6.80. The Bertz CT molecular complexity index is 1150. The van der Waals surface area contributed by atoms with Gasteiger partial charge in [0, 0.05) is 32.7 Å². The minimum atomic E-state index is -0.580. The van der Waals surface area contributed by atoms with Crippen LogP contribution in [-0.2, 0) is 0 Å². The van der Waals surface area contributed by atoms with Crippen molar-refractivity contribution in [1.29, 1.82) is 0 Å². The highest BCUT2D eigenvalue weighted by Crippen LogP contribution is 2.37. The van der Waals surface area contributed by atoms with Crippen LogP contribution in [-0.4, -0.2) is 35.1 Å². The van der Waals surface area contributed by atoms with Crippen LogP contribution in [0.25, 0.3) is 0 Å². The van der Waals surface area contributed by atoms with E-state index in [1.165, 1.54) is 0 Å². The Hall–Kier alpha value is -1.95. The molecule has 0 radical (unpaired) electrons. The molecule has 0 spiro atoms. The third kappa shape index (κ3) is 5.42. The normalized spacial score (nSPS) is 16.6. The van der Waals surface area contributed by atoms with Crippen molar-refractivity contribution >= 4 is 52.3 Å². The Labute approximate surface area is 212 Å². The van der Waals surface area contributed by atoms with E-state index in [2.05, 4.69) is 0 Å². The lowest BCUT2D eigenvalue weighted by molar-refractivity contribution is 0.0677. The molecule has 33 heavy (non-hydrogen) atoms. The first-order chi connectivity index (χ1) is 15.9. The zero-order valence-electron chi connectivity index (χ0n) is 17.5. The summed E-state index contributed by atoms with van der Waals surface area (Å²) in [6, 6.07) is 17.2. The van der Waals surface area contributed by atoms with Crippen molar-refractivity contribution in [3.8, 4) is 5.75 Å². The zero-order chi connectivity index (χ0) is 23.5. The topological polar surface area (TPSA) is 49.8 Å². The smallest absolute Gasteiger partial charge is 0.254 e. The van der Waals surface area contributed by atoms with Crippen molar-refractivity contribution in [3.63, 3.8) is 0 Å². The molecule has 2 unspecified atom stereocenters. The number of rotatable bonds is 6. The molecule has 2 atom stereocenters. The Morgan fingerprint density at radius 3 is 2.36 bits per heavy atom. The molecule has 1 amide bonds. The van der Waals surface area contributed by atoms with Gasteiger partial charge in [-0.25, -0.2) is 0 Å². The second-order valence-corrected chi connectivity index (χ2v) is 9.52. The van der Waals surface area contributed by atoms with E-state index in [1.807, 2.05) is 12.1 Å². The van der Waals surface area contributed by atoms with Crippen LogP contribution in [0.15, 0.2) is 60.7 Å². The van der Waals surface area contributed by atoms with E-state index in [0.717, 1.165) is 18.4 Å². The molecule has 0 saturated carbocycles. The Morgan fingerprint density at radius 2 is 1.70 bits per heavy atom. The molecule has 4 nitrogen and oxygen atoms in total. The molecule has 4 rings (SSSR count). The summed E-state index contributed by atoms with van der Waals surface area (Å²) in [7, 11) is 0. The quantitative estimate of drug-likeness (QED) is 0.375. The van der Waals surface area contributed by atoms with Crippen molar-refractivity contribution < 1.29 is 14.6 Å². The number of hydrogen-bond donors (Lipinski definition) is 1. The summed E-state index contributed by atoms with van der Waals surface area (Å²) in [6.45, 7) is 0.568. The van der Waals surface area contributed by atoms with Crippen molar-refractivity contribution in [3.05, 3.63) is 97.4 Å². The average Bonchev–Trinajstić information content (AvgIpc) is 3.28. The molecule has 8 heteroatoms. The van der Waals surface area contributed by atoms with Crippen LogP contribution in [0.4, 0.5) is 0 Å². The summed E-state index contributed by atoms with van der Waals surface area (Å²) >= 11 is 25.2. The second-order valence-electron chi connectivity index (χ2n) is 7.84. The molecule has 0 aromatic heterocycles. The number of ether oxygens (including phenoxy) is 1. The van der Waals surface area contributed by atoms with E-state index in [1.54, 1.807) is 53.4 Å². The lowest BCUT2D eigenvalue weighted by Gasteiger charge is -2.24. The Balaban J connectivity index is 1.65. The van der Waals surface area contributed by atoms with Gasteiger partial charge in [-0.2, -0.15) is 0 Å². The standard InChI is InChI=1S/C25H21Cl4NO3/c26-17-6-3-15(4-7-17)24(20-9-8-18(27)13-21(20)28)33-23-10-5-16(12-22(23)29)25(32)30-11-1-2-19(30)14-31/h3-10,12-13,19,24,31H,1-2,11,14H2. The largest absolute Gasteiger partial charge is 0.479 e. The van der Waals surface area contributed by atoms with E-state index in [9.17, 15) is 9.90 Å². The van der Waals surface area contributed by atoms with Gasteiger partial charge in [-0.05, 0) is 60.9 Å². The number of hydrogen-bond acceptors (Lipinski definition) is 3. The number of carbonyl (C=O) groups excluding carboxylic acids is 1. The molecule has 172 valence electrons. The number of nitrogens with zero attached hydrogens (tertiary/aromatic N) is 1. The predicted octanol–water partition coefficient (Wildman–Crippen LogP) is 7.07. The fourth-order valence-electron chi connectivity index (χ4n) is 3.98. The first-order valence-corrected chi connectivity index (χ1v) is 12.0. The molecule has 0 bridgehead atoms. The van der Waals surface area contributed by atoms with E-state index in [0.29, 0.717) is 43.5 Å². The fourth-order valence-corrected chi connectivity index (χ4v) is 4.84. The maximum atomic E-state index is 12.9. The molecule has 1 aliphatic heterocycles. The summed E-state index contributed by atoms with van der Waals surface area (Å²) in [6.07, 6.45) is 1.08. The summed E-state index contributed by atoms with van der Waals surface area (Å²) < 4.78 is 6.31. The fraction of sp³-hybridized carbons (Fsp3) is 0.240. The highest BCUT2D eigenvalue weighted by atomic mass is 35.5. The number of likely N-dealkylation sites (tertiary alicyclic amines) is 1. The summed E-state index contributed by atoms with van der Waals surface area (Å²) in [5, 5.41) is 11.4. The average molecular weight is 525 g/mol. The SMILES string of the molecule is O=C(c1ccc(OC(c2ccc(Cl)cc2)c2ccc(Cl)cc2Cl)c(Cl)c1)N1CCCC1CO. The molecular formula is C25H21Cl4NO3. The van der Waals surface area contributed by atoms with Crippen molar-refractivity contribution in [2.24, 2.45) is 0 Å². The molecule has 3 aromatic carbocycles. The molecule has 1 saturated heterocycles. The van der Waals surface area contributed by atoms with Crippen LogP contribution in [0.5, 0.6) is 5.75 Å². The zero-order valence-corrected chi connectivity index (χ0v) is 20.5. The lowest BCUT2D eigenvalue weighted by atomic mass is 10.0. The van der Waals surface area contributed by atoms with Gasteiger partial charge >= 0.3 is 0 Å². The van der Waals surface area contributed by atoms with Gasteiger partial charge in [-0.3, -0.25) is 4.79 Å². The van der Waals surface area contributed by atoms with Crippen molar-refractivity contribution in [2.45, 2.75) is 25.0 Å².